The number of nitrogens with zero attached hydrogens (tertiary/aromatic N) is 3. The van der Waals surface area contributed by atoms with Crippen LogP contribution in [0, 0.1) is 6.92 Å². The fourth-order valence-corrected chi connectivity index (χ4v) is 5.34. The smallest absolute Gasteiger partial charge is 0.272 e. The molecule has 0 bridgehead atoms. The number of carbonyl (C=O) groups excluding carboxylic acids is 3. The first-order valence-corrected chi connectivity index (χ1v) is 13.8. The Bertz CT molecular complexity index is 1630. The number of halogens is 4. The number of alkyl halides is 3. The number of benzene rings is 2. The van der Waals surface area contributed by atoms with Gasteiger partial charge >= 0.3 is 6.18 Å². The molecular weight excluding hydrogens is 569 g/mol. The van der Waals surface area contributed by atoms with E-state index in [0.29, 0.717) is 38.8 Å². The van der Waals surface area contributed by atoms with Crippen LogP contribution in [0.2, 0.25) is 5.02 Å². The largest absolute Gasteiger partial charge is 0.416 e. The Hall–Kier alpha value is -3.36. The lowest BCUT2D eigenvalue weighted by atomic mass is 10.1. The topological polar surface area (TPSA) is 118 Å². The highest BCUT2D eigenvalue weighted by Gasteiger charge is 2.37. The lowest BCUT2D eigenvalue weighted by Gasteiger charge is -2.14. The third kappa shape index (κ3) is 6.03. The predicted octanol–water partition coefficient (Wildman–Crippen LogP) is 4.18. The van der Waals surface area contributed by atoms with E-state index >= 15 is 0 Å². The first-order chi connectivity index (χ1) is 17.6. The molecule has 1 saturated heterocycles. The summed E-state index contributed by atoms with van der Waals surface area (Å²) in [6, 6.07) is 8.46. The minimum atomic E-state index is -4.60. The van der Waals surface area contributed by atoms with Crippen LogP contribution < -0.4 is 4.72 Å². The number of rotatable bonds is 6. The van der Waals surface area contributed by atoms with Gasteiger partial charge in [0.25, 0.3) is 17.1 Å². The summed E-state index contributed by atoms with van der Waals surface area (Å²) in [6.45, 7) is 0.762. The van der Waals surface area contributed by atoms with Gasteiger partial charge in [-0.05, 0) is 60.2 Å². The summed E-state index contributed by atoms with van der Waals surface area (Å²) in [5.74, 6) is -1.80. The van der Waals surface area contributed by atoms with E-state index in [9.17, 15) is 36.0 Å². The Labute approximate surface area is 223 Å². The molecule has 0 unspecified atom stereocenters. The molecule has 2 heterocycles. The van der Waals surface area contributed by atoms with Crippen molar-refractivity contribution in [1.29, 1.82) is 0 Å². The van der Waals surface area contributed by atoms with Crippen LogP contribution in [0.15, 0.2) is 41.3 Å². The minimum absolute atomic E-state index is 0.0102. The molecule has 1 aromatic heterocycles. The SMILES string of the molecule is Cc1nn(Cc2ccc(Cl)cc2C(F)(F)F)c2ccc(C=C3SC(=O)N(CC(=O)NS(C)(=O)=O)C3=O)cc12. The van der Waals surface area contributed by atoms with Gasteiger partial charge in [0.1, 0.15) is 6.54 Å². The zero-order valence-corrected chi connectivity index (χ0v) is 22.1. The van der Waals surface area contributed by atoms with E-state index in [1.165, 1.54) is 22.9 Å². The normalized spacial score (nSPS) is 15.6. The van der Waals surface area contributed by atoms with Crippen molar-refractivity contribution in [3.8, 4) is 0 Å². The highest BCUT2D eigenvalue weighted by atomic mass is 35.5. The van der Waals surface area contributed by atoms with E-state index in [0.717, 1.165) is 12.3 Å². The van der Waals surface area contributed by atoms with Crippen molar-refractivity contribution in [2.75, 3.05) is 12.8 Å². The Morgan fingerprint density at radius 2 is 1.89 bits per heavy atom. The summed E-state index contributed by atoms with van der Waals surface area (Å²) < 4.78 is 66.1. The molecule has 1 fully saturated rings. The molecule has 3 amide bonds. The van der Waals surface area contributed by atoms with Crippen LogP contribution in [-0.4, -0.2) is 53.0 Å². The molecule has 2 aromatic carbocycles. The molecular formula is C23H18ClF3N4O5S2. The van der Waals surface area contributed by atoms with E-state index in [-0.39, 0.29) is 22.0 Å². The second-order valence-corrected chi connectivity index (χ2v) is 11.6. The van der Waals surface area contributed by atoms with Crippen LogP contribution >= 0.6 is 23.4 Å². The summed E-state index contributed by atoms with van der Waals surface area (Å²) in [7, 11) is -3.86. The van der Waals surface area contributed by atoms with Crippen LogP contribution in [0.1, 0.15) is 22.4 Å². The van der Waals surface area contributed by atoms with Crippen molar-refractivity contribution in [2.45, 2.75) is 19.6 Å². The molecule has 0 spiro atoms. The maximum Gasteiger partial charge on any atom is 0.416 e. The summed E-state index contributed by atoms with van der Waals surface area (Å²) in [4.78, 5) is 37.4. The number of hydrogen-bond acceptors (Lipinski definition) is 7. The second kappa shape index (κ2) is 10.1. The molecule has 38 heavy (non-hydrogen) atoms. The number of hydrogen-bond donors (Lipinski definition) is 1. The van der Waals surface area contributed by atoms with Crippen molar-refractivity contribution < 1.29 is 36.0 Å². The maximum atomic E-state index is 13.5. The number of thioether (sulfide) groups is 1. The summed E-state index contributed by atoms with van der Waals surface area (Å²) in [6.07, 6.45) is -2.40. The fourth-order valence-electron chi connectivity index (χ4n) is 3.85. The van der Waals surface area contributed by atoms with E-state index in [1.807, 2.05) is 0 Å². The Balaban J connectivity index is 1.60. The first kappa shape index (κ1) is 27.7. The lowest BCUT2D eigenvalue weighted by molar-refractivity contribution is -0.138. The molecule has 9 nitrogen and oxygen atoms in total. The minimum Gasteiger partial charge on any atom is -0.272 e. The average molecular weight is 587 g/mol. The molecule has 1 aliphatic rings. The van der Waals surface area contributed by atoms with E-state index in [4.69, 9.17) is 11.6 Å². The third-order valence-corrected chi connectivity index (χ3v) is 7.17. The molecule has 200 valence electrons. The van der Waals surface area contributed by atoms with Crippen LogP contribution in [0.25, 0.3) is 17.0 Å². The summed E-state index contributed by atoms with van der Waals surface area (Å²) >= 11 is 6.36. The maximum absolute atomic E-state index is 13.5. The average Bonchev–Trinajstić information content (AvgIpc) is 3.23. The van der Waals surface area contributed by atoms with E-state index < -0.39 is 45.4 Å². The standard InChI is InChI=1S/C23H18ClF3N4O5S2/c1-12-16-7-13(8-19-21(33)30(22(34)37-19)11-20(32)29-38(2,35)36)3-6-18(16)31(28-12)10-14-4-5-15(24)9-17(14)23(25,26)27/h3-9H,10-11H2,1-2H3,(H,29,32). The Morgan fingerprint density at radius 3 is 2.55 bits per heavy atom. The summed E-state index contributed by atoms with van der Waals surface area (Å²) in [5.41, 5.74) is 0.720. The monoisotopic (exact) mass is 586 g/mol. The van der Waals surface area contributed by atoms with Gasteiger partial charge in [0.15, 0.2) is 0 Å². The van der Waals surface area contributed by atoms with Gasteiger partial charge in [-0.15, -0.1) is 0 Å². The number of sulfonamides is 1. The van der Waals surface area contributed by atoms with Gasteiger partial charge in [-0.25, -0.2) is 8.42 Å². The third-order valence-electron chi connectivity index (χ3n) is 5.43. The summed E-state index contributed by atoms with van der Waals surface area (Å²) in [5, 5.41) is 4.22. The zero-order valence-electron chi connectivity index (χ0n) is 19.7. The van der Waals surface area contributed by atoms with Gasteiger partial charge in [0, 0.05) is 10.4 Å². The molecule has 0 radical (unpaired) electrons. The van der Waals surface area contributed by atoms with E-state index in [2.05, 4.69) is 5.10 Å². The van der Waals surface area contributed by atoms with Gasteiger partial charge in [0.05, 0.1) is 34.5 Å². The van der Waals surface area contributed by atoms with Crippen molar-refractivity contribution >= 4 is 67.4 Å². The van der Waals surface area contributed by atoms with Crippen molar-refractivity contribution in [2.24, 2.45) is 0 Å². The Morgan fingerprint density at radius 1 is 1.18 bits per heavy atom. The molecule has 0 aliphatic carbocycles. The quantitative estimate of drug-likeness (QED) is 0.431. The van der Waals surface area contributed by atoms with Crippen LogP contribution in [0.3, 0.4) is 0 Å². The lowest BCUT2D eigenvalue weighted by Crippen LogP contribution is -2.41. The molecule has 0 atom stereocenters. The number of aryl methyl sites for hydroxylation is 1. The van der Waals surface area contributed by atoms with Crippen LogP contribution in [0.4, 0.5) is 18.0 Å². The van der Waals surface area contributed by atoms with Gasteiger partial charge < -0.3 is 0 Å². The van der Waals surface area contributed by atoms with Crippen molar-refractivity contribution in [3.05, 3.63) is 68.7 Å². The number of amides is 3. The van der Waals surface area contributed by atoms with Crippen LogP contribution in [-0.2, 0) is 32.3 Å². The molecule has 0 saturated carbocycles. The van der Waals surface area contributed by atoms with Gasteiger partial charge in [0.2, 0.25) is 10.0 Å². The molecule has 1 aliphatic heterocycles. The molecule has 3 aromatic rings. The molecule has 1 N–H and O–H groups in total. The van der Waals surface area contributed by atoms with Crippen LogP contribution in [0.5, 0.6) is 0 Å². The highest BCUT2D eigenvalue weighted by Crippen LogP contribution is 2.35. The number of aromatic nitrogens is 2. The second-order valence-electron chi connectivity index (χ2n) is 8.38. The van der Waals surface area contributed by atoms with Crippen molar-refractivity contribution in [1.82, 2.24) is 19.4 Å². The Kier molecular flexibility index (Phi) is 7.34. The number of imide groups is 1. The molecule has 15 heteroatoms. The number of nitrogens with one attached hydrogen (secondary N) is 1. The van der Waals surface area contributed by atoms with E-state index in [1.54, 1.807) is 29.8 Å². The number of carbonyl (C=O) groups is 3. The van der Waals surface area contributed by atoms with Crippen molar-refractivity contribution in [3.63, 3.8) is 0 Å². The zero-order chi connectivity index (χ0) is 28.0. The molecule has 4 rings (SSSR count). The first-order valence-electron chi connectivity index (χ1n) is 10.7. The highest BCUT2D eigenvalue weighted by molar-refractivity contribution is 8.18. The van der Waals surface area contributed by atoms with Gasteiger partial charge in [-0.1, -0.05) is 23.7 Å². The fraction of sp³-hybridized carbons (Fsp3) is 0.217. The predicted molar refractivity (Wildman–Crippen MR) is 136 cm³/mol. The number of fused-ring (bicyclic) bond motifs is 1. The van der Waals surface area contributed by atoms with Gasteiger partial charge in [-0.3, -0.25) is 28.7 Å². The van der Waals surface area contributed by atoms with Gasteiger partial charge in [-0.2, -0.15) is 18.3 Å².